The highest BCUT2D eigenvalue weighted by Gasteiger charge is 1.66. The van der Waals surface area contributed by atoms with Crippen molar-refractivity contribution in [2.45, 2.75) is 20.8 Å². The van der Waals surface area contributed by atoms with Crippen LogP contribution in [0, 0.1) is 0 Å². The molecule has 8 nitrogen and oxygen atoms in total. The van der Waals surface area contributed by atoms with Crippen molar-refractivity contribution in [1.29, 1.82) is 0 Å². The topological polar surface area (TPSA) is 150 Å². The van der Waals surface area contributed by atoms with Gasteiger partial charge in [-0.25, -0.2) is 0 Å². The minimum absolute atomic E-state index is 0.733. The molecule has 0 aromatic rings. The highest BCUT2D eigenvalue weighted by atomic mass is 16.4. The van der Waals surface area contributed by atoms with E-state index in [1.165, 1.54) is 0 Å². The Kier molecular flexibility index (Phi) is 34.4. The molecule has 0 aromatic carbocycles. The molecule has 0 unspecified atom stereocenters. The van der Waals surface area contributed by atoms with Gasteiger partial charge in [-0.05, 0) is 7.05 Å². The minimum atomic E-state index is -0.833. The highest BCUT2D eigenvalue weighted by molar-refractivity contribution is 5.63. The normalized spacial score (nSPS) is 6.88. The zero-order valence-corrected chi connectivity index (χ0v) is 10.6. The van der Waals surface area contributed by atoms with Crippen molar-refractivity contribution >= 4 is 17.9 Å². The Bertz CT molecular complexity index is 153. The molecule has 0 aliphatic heterocycles. The lowest BCUT2D eigenvalue weighted by atomic mass is 10.7. The van der Waals surface area contributed by atoms with Gasteiger partial charge in [-0.1, -0.05) is 0 Å². The van der Waals surface area contributed by atoms with Gasteiger partial charge in [0, 0.05) is 33.9 Å². The number of rotatable bonds is 2. The second kappa shape index (κ2) is 23.9. The van der Waals surface area contributed by atoms with Gasteiger partial charge in [-0.2, -0.15) is 0 Å². The molecule has 0 rings (SSSR count). The number of nitrogens with two attached hydrogens (primary N) is 1. The van der Waals surface area contributed by atoms with Crippen molar-refractivity contribution in [2.75, 3.05) is 20.1 Å². The van der Waals surface area contributed by atoms with E-state index >= 15 is 0 Å². The summed E-state index contributed by atoms with van der Waals surface area (Å²) < 4.78 is 0. The van der Waals surface area contributed by atoms with Crippen molar-refractivity contribution < 1.29 is 29.7 Å². The molecule has 0 saturated carbocycles. The summed E-state index contributed by atoms with van der Waals surface area (Å²) in [5, 5.41) is 25.1. The van der Waals surface area contributed by atoms with Gasteiger partial charge < -0.3 is 26.4 Å². The SMILES string of the molecule is CC(=O)O.CC(=O)O.CC(=O)O.CNCCN. The number of carbonyl (C=O) groups is 3. The van der Waals surface area contributed by atoms with Crippen molar-refractivity contribution in [1.82, 2.24) is 5.32 Å². The molecule has 8 heteroatoms. The first kappa shape index (κ1) is 24.5. The zero-order chi connectivity index (χ0) is 14.9. The molecular weight excluding hydrogens is 232 g/mol. The predicted octanol–water partition coefficient (Wildman–Crippen LogP) is -0.563. The average molecular weight is 254 g/mol. The van der Waals surface area contributed by atoms with Crippen LogP contribution in [0.3, 0.4) is 0 Å². The summed E-state index contributed by atoms with van der Waals surface area (Å²) in [6.45, 7) is 4.90. The van der Waals surface area contributed by atoms with Crippen molar-refractivity contribution in [3.8, 4) is 0 Å². The molecule has 0 aromatic heterocycles. The fourth-order valence-corrected chi connectivity index (χ4v) is 0.144. The van der Waals surface area contributed by atoms with E-state index in [2.05, 4.69) is 5.32 Å². The van der Waals surface area contributed by atoms with E-state index in [0.29, 0.717) is 0 Å². The molecule has 0 aliphatic carbocycles. The molecule has 0 bridgehead atoms. The number of nitrogens with one attached hydrogen (secondary N) is 1. The van der Waals surface area contributed by atoms with E-state index in [-0.39, 0.29) is 0 Å². The molecule has 0 aliphatic rings. The van der Waals surface area contributed by atoms with Crippen LogP contribution in [0.1, 0.15) is 20.8 Å². The maximum Gasteiger partial charge on any atom is 0.300 e. The summed E-state index contributed by atoms with van der Waals surface area (Å²) in [4.78, 5) is 27.0. The average Bonchev–Trinajstić information content (AvgIpc) is 2.01. The lowest BCUT2D eigenvalue weighted by Gasteiger charge is -1.85. The number of likely N-dealkylation sites (N-methyl/N-ethyl adjacent to an activating group) is 1. The Labute approximate surface area is 100 Å². The summed E-state index contributed by atoms with van der Waals surface area (Å²) in [7, 11) is 1.88. The van der Waals surface area contributed by atoms with Crippen molar-refractivity contribution in [3.63, 3.8) is 0 Å². The van der Waals surface area contributed by atoms with Gasteiger partial charge in [0.15, 0.2) is 0 Å². The Hall–Kier alpha value is -1.67. The number of carboxylic acids is 3. The monoisotopic (exact) mass is 254 g/mol. The van der Waals surface area contributed by atoms with E-state index < -0.39 is 17.9 Å². The van der Waals surface area contributed by atoms with Crippen LogP contribution in [-0.2, 0) is 14.4 Å². The van der Waals surface area contributed by atoms with Gasteiger partial charge in [-0.3, -0.25) is 14.4 Å². The van der Waals surface area contributed by atoms with E-state index in [1.54, 1.807) is 0 Å². The first-order chi connectivity index (χ1) is 7.61. The van der Waals surface area contributed by atoms with Crippen LogP contribution >= 0.6 is 0 Å². The van der Waals surface area contributed by atoms with Gasteiger partial charge in [0.25, 0.3) is 17.9 Å². The molecule has 6 N–H and O–H groups in total. The first-order valence-corrected chi connectivity index (χ1v) is 4.54. The van der Waals surface area contributed by atoms with E-state index in [0.717, 1.165) is 33.9 Å². The van der Waals surface area contributed by atoms with Crippen LogP contribution in [0.15, 0.2) is 0 Å². The van der Waals surface area contributed by atoms with Gasteiger partial charge in [0.2, 0.25) is 0 Å². The fraction of sp³-hybridized carbons (Fsp3) is 0.667. The van der Waals surface area contributed by atoms with Crippen LogP contribution in [0.2, 0.25) is 0 Å². The van der Waals surface area contributed by atoms with Crippen LogP contribution in [0.5, 0.6) is 0 Å². The molecular formula is C9H22N2O6. The summed E-state index contributed by atoms with van der Waals surface area (Å²) in [6, 6.07) is 0. The highest BCUT2D eigenvalue weighted by Crippen LogP contribution is 1.42. The van der Waals surface area contributed by atoms with E-state index in [4.69, 9.17) is 35.4 Å². The zero-order valence-electron chi connectivity index (χ0n) is 10.6. The molecule has 17 heavy (non-hydrogen) atoms. The summed E-state index contributed by atoms with van der Waals surface area (Å²) in [5.74, 6) is -2.50. The predicted molar refractivity (Wildman–Crippen MR) is 62.9 cm³/mol. The van der Waals surface area contributed by atoms with Crippen LogP contribution < -0.4 is 11.1 Å². The van der Waals surface area contributed by atoms with Crippen molar-refractivity contribution in [3.05, 3.63) is 0 Å². The van der Waals surface area contributed by atoms with Gasteiger partial charge in [-0.15, -0.1) is 0 Å². The Balaban J connectivity index is -0.0000000667. The Morgan fingerprint density at radius 1 is 0.941 bits per heavy atom. The third-order valence-electron chi connectivity index (χ3n) is 0.394. The fourth-order valence-electron chi connectivity index (χ4n) is 0.144. The summed E-state index contributed by atoms with van der Waals surface area (Å²) >= 11 is 0. The summed E-state index contributed by atoms with van der Waals surface area (Å²) in [6.07, 6.45) is 0. The molecule has 0 saturated heterocycles. The molecule has 0 amide bonds. The third-order valence-corrected chi connectivity index (χ3v) is 0.394. The molecule has 0 radical (unpaired) electrons. The third kappa shape index (κ3) is 20000. The second-order valence-corrected chi connectivity index (χ2v) is 2.45. The molecule has 0 spiro atoms. The van der Waals surface area contributed by atoms with Crippen molar-refractivity contribution in [2.24, 2.45) is 5.73 Å². The van der Waals surface area contributed by atoms with Crippen LogP contribution in [0.4, 0.5) is 0 Å². The lowest BCUT2D eigenvalue weighted by Crippen LogP contribution is -2.17. The smallest absolute Gasteiger partial charge is 0.300 e. The second-order valence-electron chi connectivity index (χ2n) is 2.45. The molecule has 0 atom stereocenters. The quantitative estimate of drug-likeness (QED) is 0.440. The van der Waals surface area contributed by atoms with Gasteiger partial charge in [0.1, 0.15) is 0 Å². The standard InChI is InChI=1S/C3H10N2.3C2H4O2/c1-5-3-2-4;3*1-2(3)4/h5H,2-4H2,1H3;3*1H3,(H,3,4). The van der Waals surface area contributed by atoms with Gasteiger partial charge in [0.05, 0.1) is 0 Å². The molecule has 0 fully saturated rings. The Morgan fingerprint density at radius 3 is 1.12 bits per heavy atom. The Morgan fingerprint density at radius 2 is 1.12 bits per heavy atom. The minimum Gasteiger partial charge on any atom is -0.481 e. The van der Waals surface area contributed by atoms with Crippen LogP contribution in [0.25, 0.3) is 0 Å². The van der Waals surface area contributed by atoms with E-state index in [1.807, 2.05) is 7.05 Å². The van der Waals surface area contributed by atoms with Crippen LogP contribution in [-0.4, -0.2) is 53.4 Å². The number of aliphatic carboxylic acids is 3. The molecule has 0 heterocycles. The number of hydrogen-bond donors (Lipinski definition) is 5. The van der Waals surface area contributed by atoms with Gasteiger partial charge >= 0.3 is 0 Å². The largest absolute Gasteiger partial charge is 0.481 e. The molecule has 104 valence electrons. The number of hydrogen-bond acceptors (Lipinski definition) is 5. The summed E-state index contributed by atoms with van der Waals surface area (Å²) in [5.41, 5.74) is 5.08. The maximum absolute atomic E-state index is 9.00. The first-order valence-electron chi connectivity index (χ1n) is 4.54. The number of carboxylic acid groups (broad SMARTS) is 3. The lowest BCUT2D eigenvalue weighted by molar-refractivity contribution is -0.135. The van der Waals surface area contributed by atoms with E-state index in [9.17, 15) is 0 Å². The maximum atomic E-state index is 9.00.